The van der Waals surface area contributed by atoms with Crippen LogP contribution in [0.4, 0.5) is 11.4 Å². The van der Waals surface area contributed by atoms with Gasteiger partial charge in [-0.05, 0) is 43.3 Å². The van der Waals surface area contributed by atoms with Crippen molar-refractivity contribution in [2.24, 2.45) is 5.10 Å². The molecule has 0 aromatic heterocycles. The van der Waals surface area contributed by atoms with Crippen molar-refractivity contribution in [1.82, 2.24) is 5.43 Å². The maximum Gasteiger partial charge on any atom is 0.271 e. The molecule has 134 valence electrons. The summed E-state index contributed by atoms with van der Waals surface area (Å²) in [6.45, 7) is 1.83. The predicted octanol–water partition coefficient (Wildman–Crippen LogP) is 2.13. The molecule has 8 heteroatoms. The monoisotopic (exact) mass is 354 g/mol. The molecule has 3 rings (SSSR count). The van der Waals surface area contributed by atoms with Crippen molar-refractivity contribution in [2.75, 3.05) is 17.8 Å². The number of anilines is 2. The van der Waals surface area contributed by atoms with Crippen LogP contribution in [0.15, 0.2) is 47.6 Å². The number of carbonyl (C=O) groups excluding carboxylic acids is 2. The molecule has 2 aromatic carbocycles. The van der Waals surface area contributed by atoms with Gasteiger partial charge in [0.2, 0.25) is 12.7 Å². The van der Waals surface area contributed by atoms with Crippen LogP contribution >= 0.6 is 0 Å². The van der Waals surface area contributed by atoms with Crippen LogP contribution in [0.3, 0.4) is 0 Å². The normalized spacial score (nSPS) is 12.6. The molecule has 1 aliphatic rings. The van der Waals surface area contributed by atoms with Crippen molar-refractivity contribution < 1.29 is 19.1 Å². The first kappa shape index (κ1) is 17.3. The Morgan fingerprint density at radius 1 is 1.12 bits per heavy atom. The molecular formula is C18H18N4O4. The zero-order valence-corrected chi connectivity index (χ0v) is 14.1. The van der Waals surface area contributed by atoms with E-state index in [1.807, 2.05) is 0 Å². The van der Waals surface area contributed by atoms with E-state index in [0.717, 1.165) is 0 Å². The number of nitrogen functional groups attached to an aromatic ring is 1. The second-order valence-corrected chi connectivity index (χ2v) is 5.70. The fourth-order valence-corrected chi connectivity index (χ4v) is 2.30. The third kappa shape index (κ3) is 4.29. The Labute approximate surface area is 150 Å². The van der Waals surface area contributed by atoms with Gasteiger partial charge in [-0.25, -0.2) is 5.43 Å². The summed E-state index contributed by atoms with van der Waals surface area (Å²) in [6, 6.07) is 11.6. The summed E-state index contributed by atoms with van der Waals surface area (Å²) in [6.07, 6.45) is 0.0382. The van der Waals surface area contributed by atoms with E-state index in [2.05, 4.69) is 15.8 Å². The number of hydrogen-bond donors (Lipinski definition) is 3. The Hall–Kier alpha value is -3.55. The van der Waals surface area contributed by atoms with E-state index in [9.17, 15) is 9.59 Å². The second-order valence-electron chi connectivity index (χ2n) is 5.70. The highest BCUT2D eigenvalue weighted by atomic mass is 16.7. The second kappa shape index (κ2) is 7.56. The standard InChI is InChI=1S/C18H18N4O4/c1-11(21-22-18(24)12-2-4-13(19)5-3-12)8-17(23)20-14-6-7-15-16(9-14)26-10-25-15/h2-7,9H,8,10,19H2,1H3,(H,20,23)(H,22,24). The molecule has 0 bridgehead atoms. The van der Waals surface area contributed by atoms with E-state index in [-0.39, 0.29) is 25.0 Å². The first-order valence-electron chi connectivity index (χ1n) is 7.90. The third-order valence-corrected chi connectivity index (χ3v) is 3.59. The Morgan fingerprint density at radius 3 is 2.62 bits per heavy atom. The summed E-state index contributed by atoms with van der Waals surface area (Å²) in [7, 11) is 0. The Morgan fingerprint density at radius 2 is 1.85 bits per heavy atom. The molecule has 0 fully saturated rings. The van der Waals surface area contributed by atoms with Gasteiger partial charge in [-0.15, -0.1) is 0 Å². The van der Waals surface area contributed by atoms with Gasteiger partial charge in [0.25, 0.3) is 5.91 Å². The minimum absolute atomic E-state index is 0.0382. The number of carbonyl (C=O) groups is 2. The first-order valence-corrected chi connectivity index (χ1v) is 7.90. The largest absolute Gasteiger partial charge is 0.454 e. The van der Waals surface area contributed by atoms with Crippen LogP contribution in [0.1, 0.15) is 23.7 Å². The van der Waals surface area contributed by atoms with E-state index in [4.69, 9.17) is 15.2 Å². The van der Waals surface area contributed by atoms with Gasteiger partial charge in [0.15, 0.2) is 11.5 Å². The van der Waals surface area contributed by atoms with Crippen LogP contribution in [-0.4, -0.2) is 24.3 Å². The maximum absolute atomic E-state index is 12.1. The summed E-state index contributed by atoms with van der Waals surface area (Å²) in [4.78, 5) is 24.0. The fraction of sp³-hybridized carbons (Fsp3) is 0.167. The summed E-state index contributed by atoms with van der Waals surface area (Å²) < 4.78 is 10.5. The number of nitrogens with two attached hydrogens (primary N) is 1. The van der Waals surface area contributed by atoms with Gasteiger partial charge in [-0.2, -0.15) is 5.10 Å². The number of hydrazone groups is 1. The maximum atomic E-state index is 12.1. The van der Waals surface area contributed by atoms with Crippen molar-refractivity contribution >= 4 is 28.9 Å². The van der Waals surface area contributed by atoms with Gasteiger partial charge in [0.05, 0.1) is 6.42 Å². The van der Waals surface area contributed by atoms with E-state index >= 15 is 0 Å². The van der Waals surface area contributed by atoms with Crippen LogP contribution in [0.2, 0.25) is 0 Å². The topological polar surface area (TPSA) is 115 Å². The number of rotatable bonds is 5. The number of hydrogen-bond acceptors (Lipinski definition) is 6. The van der Waals surface area contributed by atoms with Crippen molar-refractivity contribution in [3.8, 4) is 11.5 Å². The molecule has 0 saturated heterocycles. The molecule has 0 unspecified atom stereocenters. The lowest BCUT2D eigenvalue weighted by molar-refractivity contribution is -0.115. The summed E-state index contributed by atoms with van der Waals surface area (Å²) in [5.74, 6) is 0.599. The molecule has 0 atom stereocenters. The van der Waals surface area contributed by atoms with Crippen LogP contribution in [0.25, 0.3) is 0 Å². The zero-order valence-electron chi connectivity index (χ0n) is 14.1. The Bertz CT molecular complexity index is 862. The lowest BCUT2D eigenvalue weighted by Crippen LogP contribution is -2.21. The Balaban J connectivity index is 1.52. The van der Waals surface area contributed by atoms with Gasteiger partial charge in [0.1, 0.15) is 0 Å². The van der Waals surface area contributed by atoms with Gasteiger partial charge < -0.3 is 20.5 Å². The highest BCUT2D eigenvalue weighted by molar-refractivity contribution is 6.06. The fourth-order valence-electron chi connectivity index (χ4n) is 2.30. The van der Waals surface area contributed by atoms with E-state index in [1.165, 1.54) is 0 Å². The van der Waals surface area contributed by atoms with Crippen molar-refractivity contribution in [1.29, 1.82) is 0 Å². The number of ether oxygens (including phenoxy) is 2. The summed E-state index contributed by atoms with van der Waals surface area (Å²) in [5.41, 5.74) is 10.1. The Kier molecular flexibility index (Phi) is 5.02. The van der Waals surface area contributed by atoms with E-state index < -0.39 is 0 Å². The van der Waals surface area contributed by atoms with Crippen molar-refractivity contribution in [2.45, 2.75) is 13.3 Å². The molecule has 0 radical (unpaired) electrons. The van der Waals surface area contributed by atoms with Crippen molar-refractivity contribution in [3.05, 3.63) is 48.0 Å². The zero-order chi connectivity index (χ0) is 18.5. The van der Waals surface area contributed by atoms with Gasteiger partial charge in [0, 0.05) is 28.7 Å². The average Bonchev–Trinajstić information content (AvgIpc) is 3.08. The SMILES string of the molecule is CC(CC(=O)Nc1ccc2c(c1)OCO2)=NNC(=O)c1ccc(N)cc1. The smallest absolute Gasteiger partial charge is 0.271 e. The predicted molar refractivity (Wildman–Crippen MR) is 97.2 cm³/mol. The molecule has 0 spiro atoms. The quantitative estimate of drug-likeness (QED) is 0.432. The molecule has 0 aliphatic carbocycles. The highest BCUT2D eigenvalue weighted by Crippen LogP contribution is 2.34. The van der Waals surface area contributed by atoms with Gasteiger partial charge >= 0.3 is 0 Å². The van der Waals surface area contributed by atoms with E-state index in [1.54, 1.807) is 49.4 Å². The minimum atomic E-state index is -0.375. The molecule has 1 heterocycles. The molecular weight excluding hydrogens is 336 g/mol. The summed E-state index contributed by atoms with van der Waals surface area (Å²) >= 11 is 0. The molecule has 8 nitrogen and oxygen atoms in total. The minimum Gasteiger partial charge on any atom is -0.454 e. The average molecular weight is 354 g/mol. The van der Waals surface area contributed by atoms with Gasteiger partial charge in [-0.3, -0.25) is 9.59 Å². The molecule has 2 aromatic rings. The number of nitrogens with one attached hydrogen (secondary N) is 2. The molecule has 0 saturated carbocycles. The lowest BCUT2D eigenvalue weighted by Gasteiger charge is -2.06. The van der Waals surface area contributed by atoms with E-state index in [0.29, 0.717) is 34.1 Å². The summed E-state index contributed by atoms with van der Waals surface area (Å²) in [5, 5.41) is 6.69. The number of amides is 2. The van der Waals surface area contributed by atoms with Gasteiger partial charge in [-0.1, -0.05) is 0 Å². The molecule has 1 aliphatic heterocycles. The van der Waals surface area contributed by atoms with Crippen molar-refractivity contribution in [3.63, 3.8) is 0 Å². The number of nitrogens with zero attached hydrogens (tertiary/aromatic N) is 1. The number of fused-ring (bicyclic) bond motifs is 1. The lowest BCUT2D eigenvalue weighted by atomic mass is 10.2. The molecule has 26 heavy (non-hydrogen) atoms. The van der Waals surface area contributed by atoms with Crippen LogP contribution < -0.4 is 25.9 Å². The first-order chi connectivity index (χ1) is 12.5. The van der Waals surface area contributed by atoms with Crippen LogP contribution in [0, 0.1) is 0 Å². The number of benzene rings is 2. The molecule has 2 amide bonds. The van der Waals surface area contributed by atoms with Crippen LogP contribution in [0.5, 0.6) is 11.5 Å². The van der Waals surface area contributed by atoms with Crippen LogP contribution in [-0.2, 0) is 4.79 Å². The third-order valence-electron chi connectivity index (χ3n) is 3.59. The molecule has 4 N–H and O–H groups in total. The highest BCUT2D eigenvalue weighted by Gasteiger charge is 2.14.